The van der Waals surface area contributed by atoms with Gasteiger partial charge in [-0.15, -0.1) is 22.7 Å². The van der Waals surface area contributed by atoms with Crippen LogP contribution >= 0.6 is 45.9 Å². The van der Waals surface area contributed by atoms with Crippen LogP contribution in [0.15, 0.2) is 106 Å². The third kappa shape index (κ3) is 9.21. The summed E-state index contributed by atoms with van der Waals surface area (Å²) in [5, 5.41) is 21.3. The van der Waals surface area contributed by atoms with Gasteiger partial charge in [0.15, 0.2) is 11.5 Å². The number of carbonyl (C=O) groups is 4. The molecule has 0 aliphatic carbocycles. The Balaban J connectivity index is 0.000000208. The van der Waals surface area contributed by atoms with Gasteiger partial charge in [0.05, 0.1) is 28.7 Å². The minimum absolute atomic E-state index is 0. The van der Waals surface area contributed by atoms with Gasteiger partial charge >= 0.3 is 35.5 Å². The van der Waals surface area contributed by atoms with Crippen LogP contribution in [0.5, 0.6) is 0 Å². The number of ketones is 2. The second kappa shape index (κ2) is 16.4. The van der Waals surface area contributed by atoms with Crippen molar-refractivity contribution >= 4 is 69.4 Å². The van der Waals surface area contributed by atoms with Crippen molar-refractivity contribution < 1.29 is 67.8 Å². The molecule has 0 aliphatic rings. The van der Waals surface area contributed by atoms with E-state index in [0.29, 0.717) is 35.8 Å². The molecule has 0 atom stereocenters. The molecule has 6 rings (SSSR count). The maximum absolute atomic E-state index is 12.4. The molecule has 0 amide bonds. The monoisotopic (exact) mass is 714 g/mol. The van der Waals surface area contributed by atoms with Crippen molar-refractivity contribution in [3.8, 4) is 20.9 Å². The van der Waals surface area contributed by atoms with Crippen molar-refractivity contribution in [1.82, 2.24) is 0 Å². The number of carboxylic acid groups (broad SMARTS) is 2. The van der Waals surface area contributed by atoms with Gasteiger partial charge in [0, 0.05) is 32.2 Å². The van der Waals surface area contributed by atoms with Crippen LogP contribution < -0.4 is 34.7 Å². The molecule has 1 N–H and O–H groups in total. The predicted octanol–water partition coefficient (Wildman–Crippen LogP) is 4.71. The first-order valence-electron chi connectivity index (χ1n) is 13.4. The Kier molecular flexibility index (Phi) is 12.6. The first-order valence-corrected chi connectivity index (χ1v) is 15.8. The number of carboxylic acids is 2. The zero-order valence-corrected chi connectivity index (χ0v) is 29.7. The maximum atomic E-state index is 12.4. The maximum Gasteiger partial charge on any atom is 1.00 e. The minimum atomic E-state index is -1.20. The molecule has 0 saturated heterocycles. The Morgan fingerprint density at radius 1 is 0.660 bits per heavy atom. The van der Waals surface area contributed by atoms with Gasteiger partial charge in [0.2, 0.25) is 11.6 Å². The summed E-state index contributed by atoms with van der Waals surface area (Å²) in [7, 11) is 0. The molecular formula is C34H21Cl2NaO8S2. The minimum Gasteiger partial charge on any atom is -0.550 e. The zero-order valence-electron chi connectivity index (χ0n) is 24.5. The fourth-order valence-electron chi connectivity index (χ4n) is 4.41. The van der Waals surface area contributed by atoms with Crippen molar-refractivity contribution in [1.29, 1.82) is 0 Å². The number of hydrogen-bond donors (Lipinski definition) is 1. The fraction of sp³-hybridized carbons (Fsp3) is 0.0588. The second-order valence-electron chi connectivity index (χ2n) is 9.68. The van der Waals surface area contributed by atoms with Crippen LogP contribution in [0.25, 0.3) is 20.9 Å². The van der Waals surface area contributed by atoms with Gasteiger partial charge in [0.1, 0.15) is 0 Å². The molecule has 0 unspecified atom stereocenters. The summed E-state index contributed by atoms with van der Waals surface area (Å²) >= 11 is 14.2. The average molecular weight is 716 g/mol. The molecule has 2 aromatic carbocycles. The van der Waals surface area contributed by atoms with Gasteiger partial charge in [-0.1, -0.05) is 47.5 Å². The van der Waals surface area contributed by atoms with E-state index in [1.807, 2.05) is 0 Å². The van der Waals surface area contributed by atoms with Crippen LogP contribution in [0.2, 0.25) is 10.0 Å². The molecule has 0 fully saturated rings. The van der Waals surface area contributed by atoms with Crippen LogP contribution in [0.4, 0.5) is 0 Å². The van der Waals surface area contributed by atoms with Gasteiger partial charge in [-0.25, -0.2) is 0 Å². The largest absolute Gasteiger partial charge is 1.00 e. The van der Waals surface area contributed by atoms with Crippen LogP contribution in [0.3, 0.4) is 0 Å². The SMILES string of the molecule is O=C(O)Cc1cc(C(=O)c2ccco2)sc1-c1ccc(Cl)cc1.O=C([O-])Cc1cc(C(=O)c2ccco2)sc1-c1ccc(Cl)cc1.[Na+]. The molecular weight excluding hydrogens is 694 g/mol. The van der Waals surface area contributed by atoms with E-state index < -0.39 is 11.9 Å². The fourth-order valence-corrected chi connectivity index (χ4v) is 6.92. The Hall–Kier alpha value is -3.74. The summed E-state index contributed by atoms with van der Waals surface area (Å²) in [6, 6.07) is 23.7. The molecule has 47 heavy (non-hydrogen) atoms. The molecule has 0 saturated carbocycles. The van der Waals surface area contributed by atoms with Crippen molar-refractivity contribution in [2.45, 2.75) is 12.8 Å². The number of furan rings is 2. The quantitative estimate of drug-likeness (QED) is 0.159. The van der Waals surface area contributed by atoms with E-state index in [-0.39, 0.29) is 65.5 Å². The number of benzene rings is 2. The number of halogens is 2. The van der Waals surface area contributed by atoms with E-state index in [1.165, 1.54) is 35.2 Å². The van der Waals surface area contributed by atoms with Crippen molar-refractivity contribution in [2.75, 3.05) is 0 Å². The summed E-state index contributed by atoms with van der Waals surface area (Å²) < 4.78 is 10.2. The topological polar surface area (TPSA) is 138 Å². The van der Waals surface area contributed by atoms with E-state index in [4.69, 9.17) is 37.1 Å². The number of hydrogen-bond acceptors (Lipinski definition) is 9. The zero-order chi connectivity index (χ0) is 32.8. The van der Waals surface area contributed by atoms with Gasteiger partial charge in [-0.2, -0.15) is 0 Å². The molecule has 6 aromatic rings. The standard InChI is InChI=1S/2C17H11ClO4S.Na/c2*18-12-5-3-10(4-6-12)17-11(9-15(19)20)8-14(23-17)16(21)13-2-1-7-22-13;/h2*1-8H,9H2,(H,19,20);/q;;+1/p-1. The summed E-state index contributed by atoms with van der Waals surface area (Å²) in [5.74, 6) is -2.23. The van der Waals surface area contributed by atoms with E-state index >= 15 is 0 Å². The first kappa shape index (κ1) is 36.1. The number of thiophene rings is 2. The summed E-state index contributed by atoms with van der Waals surface area (Å²) in [5.41, 5.74) is 2.76. The first-order chi connectivity index (χ1) is 22.1. The Morgan fingerprint density at radius 3 is 1.40 bits per heavy atom. The van der Waals surface area contributed by atoms with Crippen LogP contribution in [0, 0.1) is 0 Å². The molecule has 232 valence electrons. The van der Waals surface area contributed by atoms with Crippen molar-refractivity contribution in [3.63, 3.8) is 0 Å². The summed E-state index contributed by atoms with van der Waals surface area (Å²) in [6.45, 7) is 0. The molecule has 0 spiro atoms. The smallest absolute Gasteiger partial charge is 0.550 e. The van der Waals surface area contributed by atoms with E-state index in [9.17, 15) is 24.3 Å². The van der Waals surface area contributed by atoms with E-state index in [2.05, 4.69) is 0 Å². The third-order valence-electron chi connectivity index (χ3n) is 6.44. The molecule has 0 radical (unpaired) electrons. The van der Waals surface area contributed by atoms with Gasteiger partial charge in [-0.05, 0) is 82.9 Å². The van der Waals surface area contributed by atoms with Crippen LogP contribution in [0.1, 0.15) is 42.0 Å². The molecule has 8 nitrogen and oxygen atoms in total. The van der Waals surface area contributed by atoms with E-state index in [0.717, 1.165) is 16.0 Å². The Morgan fingerprint density at radius 2 is 1.06 bits per heavy atom. The normalized spacial score (nSPS) is 10.4. The second-order valence-corrected chi connectivity index (χ2v) is 12.7. The third-order valence-corrected chi connectivity index (χ3v) is 9.40. The molecule has 4 heterocycles. The summed E-state index contributed by atoms with van der Waals surface area (Å²) in [4.78, 5) is 49.2. The Bertz CT molecular complexity index is 1850. The predicted molar refractivity (Wildman–Crippen MR) is 174 cm³/mol. The van der Waals surface area contributed by atoms with Gasteiger partial charge in [-0.3, -0.25) is 14.4 Å². The van der Waals surface area contributed by atoms with Crippen LogP contribution in [-0.4, -0.2) is 28.6 Å². The van der Waals surface area contributed by atoms with Crippen LogP contribution in [-0.2, 0) is 22.4 Å². The number of carbonyl (C=O) groups excluding carboxylic acids is 3. The van der Waals surface area contributed by atoms with E-state index in [1.54, 1.807) is 84.9 Å². The number of rotatable bonds is 10. The van der Waals surface area contributed by atoms with Gasteiger partial charge < -0.3 is 23.8 Å². The Labute approximate surface area is 308 Å². The average Bonchev–Trinajstić information content (AvgIpc) is 3.85. The molecule has 0 bridgehead atoms. The van der Waals surface area contributed by atoms with Crippen molar-refractivity contribution in [2.24, 2.45) is 0 Å². The number of aliphatic carboxylic acids is 2. The van der Waals surface area contributed by atoms with Crippen molar-refractivity contribution in [3.05, 3.63) is 140 Å². The molecule has 4 aromatic heterocycles. The molecule has 0 aliphatic heterocycles. The van der Waals surface area contributed by atoms with Gasteiger partial charge in [0.25, 0.3) is 0 Å². The molecule has 13 heteroatoms. The summed E-state index contributed by atoms with van der Waals surface area (Å²) in [6.07, 6.45) is 2.43.